The van der Waals surface area contributed by atoms with Crippen molar-refractivity contribution in [1.29, 1.82) is 0 Å². The van der Waals surface area contributed by atoms with Crippen molar-refractivity contribution in [3.05, 3.63) is 42.1 Å². The van der Waals surface area contributed by atoms with Crippen LogP contribution in [0.1, 0.15) is 43.7 Å². The first-order chi connectivity index (χ1) is 13.5. The van der Waals surface area contributed by atoms with E-state index in [0.29, 0.717) is 17.4 Å². The summed E-state index contributed by atoms with van der Waals surface area (Å²) in [6.45, 7) is 0. The Morgan fingerprint density at radius 2 is 1.89 bits per heavy atom. The molecule has 1 saturated carbocycles. The summed E-state index contributed by atoms with van der Waals surface area (Å²) in [5.74, 6) is -0.365. The van der Waals surface area contributed by atoms with Crippen LogP contribution in [-0.4, -0.2) is 38.5 Å². The maximum atomic E-state index is 12.7. The summed E-state index contributed by atoms with van der Waals surface area (Å²) in [6, 6.07) is 10.0. The van der Waals surface area contributed by atoms with Crippen LogP contribution in [0.2, 0.25) is 0 Å². The average molecular weight is 381 g/mol. The second-order valence-corrected chi connectivity index (χ2v) is 7.30. The van der Waals surface area contributed by atoms with Gasteiger partial charge in [-0.2, -0.15) is 10.2 Å². The normalized spacial score (nSPS) is 19.7. The minimum absolute atomic E-state index is 0.0450. The number of nitrogens with zero attached hydrogens (tertiary/aromatic N) is 4. The van der Waals surface area contributed by atoms with Crippen LogP contribution in [0.25, 0.3) is 0 Å². The van der Waals surface area contributed by atoms with Gasteiger partial charge in [0, 0.05) is 25.5 Å². The Bertz CT molecular complexity index is 915. The first kappa shape index (κ1) is 18.2. The molecule has 2 N–H and O–H groups in total. The first-order valence-electron chi connectivity index (χ1n) is 9.53. The van der Waals surface area contributed by atoms with Gasteiger partial charge in [-0.25, -0.2) is 4.79 Å². The second kappa shape index (κ2) is 7.46. The highest BCUT2D eigenvalue weighted by Gasteiger charge is 2.36. The number of amides is 1. The van der Waals surface area contributed by atoms with Crippen molar-refractivity contribution in [2.75, 3.05) is 10.3 Å². The number of carbonyl (C=O) groups is 2. The van der Waals surface area contributed by atoms with Gasteiger partial charge in [0.05, 0.1) is 11.4 Å². The topological polar surface area (TPSA) is 99.8 Å². The highest BCUT2D eigenvalue weighted by atomic mass is 16.4. The van der Waals surface area contributed by atoms with Gasteiger partial charge in [0.1, 0.15) is 11.5 Å². The summed E-state index contributed by atoms with van der Waals surface area (Å²) in [5, 5.41) is 22.6. The molecule has 0 radical (unpaired) electrons. The predicted octanol–water partition coefficient (Wildman–Crippen LogP) is 2.74. The van der Waals surface area contributed by atoms with Crippen LogP contribution in [0.4, 0.5) is 11.5 Å². The highest BCUT2D eigenvalue weighted by molar-refractivity contribution is 6.44. The van der Waals surface area contributed by atoms with Crippen LogP contribution < -0.4 is 10.3 Å². The van der Waals surface area contributed by atoms with E-state index >= 15 is 0 Å². The monoisotopic (exact) mass is 381 g/mol. The fourth-order valence-corrected chi connectivity index (χ4v) is 3.87. The molecule has 0 spiro atoms. The molecular weight excluding hydrogens is 358 g/mol. The van der Waals surface area contributed by atoms with Crippen molar-refractivity contribution >= 4 is 29.1 Å². The Labute approximate surface area is 162 Å². The molecule has 8 heteroatoms. The average Bonchev–Trinajstić information content (AvgIpc) is 3.42. The van der Waals surface area contributed by atoms with Crippen molar-refractivity contribution in [3.8, 4) is 0 Å². The lowest BCUT2D eigenvalue weighted by molar-refractivity contribution is -0.138. The summed E-state index contributed by atoms with van der Waals surface area (Å²) in [7, 11) is 1.79. The van der Waals surface area contributed by atoms with Gasteiger partial charge in [-0.1, -0.05) is 31.0 Å². The molecule has 4 rings (SSSR count). The van der Waals surface area contributed by atoms with Gasteiger partial charge < -0.3 is 10.4 Å². The first-order valence-corrected chi connectivity index (χ1v) is 9.53. The quantitative estimate of drug-likeness (QED) is 0.830. The third-order valence-electron chi connectivity index (χ3n) is 5.39. The number of hydrazone groups is 1. The predicted molar refractivity (Wildman–Crippen MR) is 105 cm³/mol. The molecule has 2 aliphatic rings. The van der Waals surface area contributed by atoms with Crippen molar-refractivity contribution in [3.63, 3.8) is 0 Å². The Morgan fingerprint density at radius 1 is 1.18 bits per heavy atom. The molecule has 28 heavy (non-hydrogen) atoms. The molecule has 0 saturated heterocycles. The molecule has 2 aromatic rings. The van der Waals surface area contributed by atoms with E-state index in [1.807, 2.05) is 24.3 Å². The van der Waals surface area contributed by atoms with Gasteiger partial charge in [0.15, 0.2) is 6.04 Å². The van der Waals surface area contributed by atoms with E-state index in [1.165, 1.54) is 17.9 Å². The largest absolute Gasteiger partial charge is 0.480 e. The number of aliphatic carboxylic acids is 1. The molecule has 1 aliphatic carbocycles. The van der Waals surface area contributed by atoms with Crippen LogP contribution in [0, 0.1) is 0 Å². The van der Waals surface area contributed by atoms with Gasteiger partial charge in [-0.15, -0.1) is 0 Å². The van der Waals surface area contributed by atoms with Crippen molar-refractivity contribution in [1.82, 2.24) is 9.78 Å². The van der Waals surface area contributed by atoms with E-state index in [2.05, 4.69) is 15.5 Å². The van der Waals surface area contributed by atoms with Gasteiger partial charge in [0.25, 0.3) is 5.91 Å². The zero-order valence-electron chi connectivity index (χ0n) is 15.7. The van der Waals surface area contributed by atoms with Crippen LogP contribution in [0.5, 0.6) is 0 Å². The minimum Gasteiger partial charge on any atom is -0.480 e. The van der Waals surface area contributed by atoms with Gasteiger partial charge >= 0.3 is 5.97 Å². The summed E-state index contributed by atoms with van der Waals surface area (Å²) in [5.41, 5.74) is 1.83. The molecule has 1 atom stereocenters. The van der Waals surface area contributed by atoms with Crippen molar-refractivity contribution in [2.24, 2.45) is 12.1 Å². The van der Waals surface area contributed by atoms with E-state index in [4.69, 9.17) is 0 Å². The zero-order valence-corrected chi connectivity index (χ0v) is 15.7. The molecule has 1 aliphatic heterocycles. The molecule has 1 aromatic carbocycles. The maximum Gasteiger partial charge on any atom is 0.328 e. The lowest BCUT2D eigenvalue weighted by Crippen LogP contribution is -2.34. The Morgan fingerprint density at radius 3 is 2.57 bits per heavy atom. The summed E-state index contributed by atoms with van der Waals surface area (Å²) in [4.78, 5) is 24.4. The minimum atomic E-state index is -1.01. The van der Waals surface area contributed by atoms with Crippen LogP contribution in [-0.2, 0) is 16.6 Å². The van der Waals surface area contributed by atoms with Crippen LogP contribution >= 0.6 is 0 Å². The molecule has 2 heterocycles. The number of carbonyl (C=O) groups excluding carboxylic acids is 1. The van der Waals surface area contributed by atoms with Crippen LogP contribution in [0.15, 0.2) is 41.5 Å². The fourth-order valence-electron chi connectivity index (χ4n) is 3.87. The lowest BCUT2D eigenvalue weighted by atomic mass is 10.0. The number of benzene rings is 1. The number of hydrogen-bond donors (Lipinski definition) is 2. The van der Waals surface area contributed by atoms with Crippen molar-refractivity contribution < 1.29 is 14.7 Å². The van der Waals surface area contributed by atoms with E-state index in [9.17, 15) is 14.7 Å². The van der Waals surface area contributed by atoms with Gasteiger partial charge in [0.2, 0.25) is 0 Å². The Hall–Kier alpha value is -3.16. The number of hydrogen-bond acceptors (Lipinski definition) is 5. The number of rotatable bonds is 5. The molecule has 1 amide bonds. The lowest BCUT2D eigenvalue weighted by Gasteiger charge is -2.19. The third-order valence-corrected chi connectivity index (χ3v) is 5.39. The molecule has 0 bridgehead atoms. The summed E-state index contributed by atoms with van der Waals surface area (Å²) < 4.78 is 1.66. The van der Waals surface area contributed by atoms with Crippen LogP contribution in [0.3, 0.4) is 0 Å². The zero-order chi connectivity index (χ0) is 19.7. The van der Waals surface area contributed by atoms with E-state index in [0.717, 1.165) is 18.5 Å². The number of carboxylic acids is 1. The molecule has 146 valence electrons. The number of carboxylic acid groups (broad SMARTS) is 1. The number of nitrogens with one attached hydrogen (secondary N) is 1. The third kappa shape index (κ3) is 3.49. The maximum absolute atomic E-state index is 12.7. The smallest absolute Gasteiger partial charge is 0.328 e. The SMILES string of the molecule is Cn1nc(C2CCCC2)cc1NC(=O)C1=NN(c2ccccc2)C(C(=O)O)C1. The number of aryl methyl sites for hydroxylation is 1. The fraction of sp³-hybridized carbons (Fsp3) is 0.400. The highest BCUT2D eigenvalue weighted by Crippen LogP contribution is 2.34. The Balaban J connectivity index is 1.52. The summed E-state index contributed by atoms with van der Waals surface area (Å²) in [6.07, 6.45) is 4.73. The molecule has 1 aromatic heterocycles. The molecule has 8 nitrogen and oxygen atoms in total. The summed E-state index contributed by atoms with van der Waals surface area (Å²) >= 11 is 0. The van der Waals surface area contributed by atoms with Gasteiger partial charge in [-0.05, 0) is 25.0 Å². The van der Waals surface area contributed by atoms with E-state index in [1.54, 1.807) is 23.9 Å². The second-order valence-electron chi connectivity index (χ2n) is 7.30. The van der Waals surface area contributed by atoms with E-state index < -0.39 is 17.9 Å². The molecule has 1 fully saturated rings. The standard InChI is InChI=1S/C20H23N5O3/c1-24-18(12-15(22-24)13-7-5-6-8-13)21-19(26)16-11-17(20(27)28)25(23-16)14-9-3-2-4-10-14/h2-4,9-10,12-13,17H,5-8,11H2,1H3,(H,21,26)(H,27,28). The number of aromatic nitrogens is 2. The van der Waals surface area contributed by atoms with Crippen molar-refractivity contribution in [2.45, 2.75) is 44.1 Å². The number of anilines is 2. The molecular formula is C20H23N5O3. The van der Waals surface area contributed by atoms with Gasteiger partial charge in [-0.3, -0.25) is 14.5 Å². The Kier molecular flexibility index (Phi) is 4.85. The number of para-hydroxylation sites is 1. The molecule has 1 unspecified atom stereocenters. The van der Waals surface area contributed by atoms with E-state index in [-0.39, 0.29) is 12.1 Å².